The molecule has 4 rings (SSSR count). The number of hydrogen-bond acceptors (Lipinski definition) is 7. The zero-order valence-electron chi connectivity index (χ0n) is 18.5. The third-order valence-corrected chi connectivity index (χ3v) is 4.99. The molecule has 0 aliphatic carbocycles. The molecule has 0 radical (unpaired) electrons. The molecule has 0 spiro atoms. The highest BCUT2D eigenvalue weighted by Gasteiger charge is 2.13. The molecule has 2 heterocycles. The molecule has 0 atom stereocenters. The van der Waals surface area contributed by atoms with Crippen LogP contribution < -0.4 is 9.47 Å². The number of esters is 1. The maximum absolute atomic E-state index is 11.6. The number of ether oxygens (including phenoxy) is 3. The van der Waals surface area contributed by atoms with Crippen molar-refractivity contribution >= 4 is 5.97 Å². The lowest BCUT2D eigenvalue weighted by molar-refractivity contribution is -0.139. The Morgan fingerprint density at radius 2 is 1.76 bits per heavy atom. The van der Waals surface area contributed by atoms with E-state index in [1.54, 1.807) is 12.4 Å². The van der Waals surface area contributed by atoms with E-state index in [0.717, 1.165) is 22.4 Å². The number of nitrogens with zero attached hydrogens (tertiary/aromatic N) is 2. The Hall–Kier alpha value is -4.13. The minimum absolute atomic E-state index is 0.149. The van der Waals surface area contributed by atoms with Crippen molar-refractivity contribution in [3.05, 3.63) is 95.6 Å². The van der Waals surface area contributed by atoms with Crippen molar-refractivity contribution in [3.63, 3.8) is 0 Å². The van der Waals surface area contributed by atoms with Crippen molar-refractivity contribution in [2.45, 2.75) is 26.6 Å². The van der Waals surface area contributed by atoms with Crippen molar-refractivity contribution in [2.75, 3.05) is 7.11 Å². The van der Waals surface area contributed by atoms with E-state index in [1.165, 1.54) is 7.11 Å². The van der Waals surface area contributed by atoms with Gasteiger partial charge in [-0.3, -0.25) is 9.78 Å². The highest BCUT2D eigenvalue weighted by atomic mass is 16.5. The van der Waals surface area contributed by atoms with E-state index in [-0.39, 0.29) is 25.6 Å². The Labute approximate surface area is 192 Å². The van der Waals surface area contributed by atoms with Gasteiger partial charge >= 0.3 is 5.97 Å². The normalized spacial score (nSPS) is 10.6. The monoisotopic (exact) mass is 444 g/mol. The topological polar surface area (TPSA) is 83.7 Å². The van der Waals surface area contributed by atoms with E-state index in [9.17, 15) is 4.79 Å². The fourth-order valence-corrected chi connectivity index (χ4v) is 3.22. The number of benzene rings is 2. The van der Waals surface area contributed by atoms with Gasteiger partial charge in [0, 0.05) is 22.9 Å². The van der Waals surface area contributed by atoms with Gasteiger partial charge in [-0.25, -0.2) is 4.98 Å². The average molecular weight is 444 g/mol. The summed E-state index contributed by atoms with van der Waals surface area (Å²) in [6, 6.07) is 19.0. The second-order valence-electron chi connectivity index (χ2n) is 7.35. The van der Waals surface area contributed by atoms with Gasteiger partial charge in [0.15, 0.2) is 0 Å². The molecular formula is C26H24N2O5. The molecule has 0 bridgehead atoms. The van der Waals surface area contributed by atoms with Gasteiger partial charge in [0.25, 0.3) is 0 Å². The number of carbonyl (C=O) groups is 1. The zero-order chi connectivity index (χ0) is 23.0. The highest BCUT2D eigenvalue weighted by molar-refractivity contribution is 5.73. The fraction of sp³-hybridized carbons (Fsp3) is 0.192. The Kier molecular flexibility index (Phi) is 6.99. The van der Waals surface area contributed by atoms with Crippen LogP contribution in [0.4, 0.5) is 0 Å². The minimum atomic E-state index is -0.318. The van der Waals surface area contributed by atoms with Crippen LogP contribution in [0.5, 0.6) is 11.5 Å². The van der Waals surface area contributed by atoms with Crippen molar-refractivity contribution in [3.8, 4) is 23.0 Å². The van der Waals surface area contributed by atoms with Crippen LogP contribution in [0.25, 0.3) is 11.5 Å². The molecule has 0 aliphatic rings. The number of methoxy groups -OCH3 is 1. The minimum Gasteiger partial charge on any atom is -0.489 e. The van der Waals surface area contributed by atoms with Crippen molar-refractivity contribution in [2.24, 2.45) is 0 Å². The average Bonchev–Trinajstić information content (AvgIpc) is 3.23. The molecule has 7 heteroatoms. The summed E-state index contributed by atoms with van der Waals surface area (Å²) in [4.78, 5) is 20.4. The third-order valence-electron chi connectivity index (χ3n) is 4.99. The van der Waals surface area contributed by atoms with Gasteiger partial charge in [-0.2, -0.15) is 0 Å². The first-order valence-corrected chi connectivity index (χ1v) is 10.5. The summed E-state index contributed by atoms with van der Waals surface area (Å²) >= 11 is 0. The van der Waals surface area contributed by atoms with Gasteiger partial charge in [-0.05, 0) is 31.2 Å². The number of para-hydroxylation sites is 1. The molecule has 7 nitrogen and oxygen atoms in total. The summed E-state index contributed by atoms with van der Waals surface area (Å²) in [5.41, 5.74) is 3.25. The van der Waals surface area contributed by atoms with Crippen LogP contribution >= 0.6 is 0 Å². The van der Waals surface area contributed by atoms with Crippen molar-refractivity contribution in [1.82, 2.24) is 9.97 Å². The summed E-state index contributed by atoms with van der Waals surface area (Å²) in [6.07, 6.45) is 3.50. The Balaban J connectivity index is 1.39. The predicted molar refractivity (Wildman–Crippen MR) is 122 cm³/mol. The van der Waals surface area contributed by atoms with Gasteiger partial charge < -0.3 is 18.6 Å². The molecule has 0 saturated heterocycles. The molecule has 4 aromatic rings. The Bertz CT molecular complexity index is 1220. The van der Waals surface area contributed by atoms with Crippen molar-refractivity contribution < 1.29 is 23.4 Å². The maximum atomic E-state index is 11.6. The Morgan fingerprint density at radius 3 is 2.58 bits per heavy atom. The first-order valence-electron chi connectivity index (χ1n) is 10.5. The van der Waals surface area contributed by atoms with E-state index < -0.39 is 0 Å². The lowest BCUT2D eigenvalue weighted by Gasteiger charge is -2.11. The molecule has 2 aromatic heterocycles. The van der Waals surface area contributed by atoms with E-state index in [4.69, 9.17) is 18.6 Å². The number of aryl methyl sites for hydroxylation is 1. The summed E-state index contributed by atoms with van der Waals surface area (Å²) < 4.78 is 22.4. The van der Waals surface area contributed by atoms with Gasteiger partial charge in [0.05, 0.1) is 19.7 Å². The van der Waals surface area contributed by atoms with E-state index in [1.807, 2.05) is 67.6 Å². The van der Waals surface area contributed by atoms with Crippen LogP contribution in [-0.4, -0.2) is 23.0 Å². The smallest absolute Gasteiger partial charge is 0.310 e. The quantitative estimate of drug-likeness (QED) is 0.339. The molecule has 0 aliphatic heterocycles. The number of hydrogen-bond donors (Lipinski definition) is 0. The van der Waals surface area contributed by atoms with E-state index >= 15 is 0 Å². The number of oxazole rings is 1. The van der Waals surface area contributed by atoms with Crippen molar-refractivity contribution in [1.29, 1.82) is 0 Å². The summed E-state index contributed by atoms with van der Waals surface area (Å²) in [5.74, 6) is 2.19. The van der Waals surface area contributed by atoms with Gasteiger partial charge in [0.1, 0.15) is 36.2 Å². The molecule has 2 aromatic carbocycles. The van der Waals surface area contributed by atoms with Gasteiger partial charge in [-0.15, -0.1) is 0 Å². The Morgan fingerprint density at radius 1 is 0.970 bits per heavy atom. The lowest BCUT2D eigenvalue weighted by Crippen LogP contribution is -2.07. The van der Waals surface area contributed by atoms with Crippen LogP contribution in [-0.2, 0) is 29.2 Å². The first kappa shape index (κ1) is 22.1. The number of aromatic nitrogens is 2. The SMILES string of the molecule is COC(=O)Cc1ccccc1OCc1cncc(OCc2nc(-c3ccccc3)oc2C)c1. The van der Waals surface area contributed by atoms with Crippen LogP contribution in [0.2, 0.25) is 0 Å². The summed E-state index contributed by atoms with van der Waals surface area (Å²) in [5, 5.41) is 0. The number of rotatable bonds is 9. The van der Waals surface area contributed by atoms with Crippen LogP contribution in [0.15, 0.2) is 77.5 Å². The van der Waals surface area contributed by atoms with Crippen LogP contribution in [0.3, 0.4) is 0 Å². The predicted octanol–water partition coefficient (Wildman–Crippen LogP) is 4.92. The number of pyridine rings is 1. The third kappa shape index (κ3) is 5.77. The molecule has 0 unspecified atom stereocenters. The first-order chi connectivity index (χ1) is 16.1. The largest absolute Gasteiger partial charge is 0.489 e. The zero-order valence-corrected chi connectivity index (χ0v) is 18.5. The maximum Gasteiger partial charge on any atom is 0.310 e. The van der Waals surface area contributed by atoms with Gasteiger partial charge in [-0.1, -0.05) is 36.4 Å². The lowest BCUT2D eigenvalue weighted by atomic mass is 10.1. The second kappa shape index (κ2) is 10.5. The fourth-order valence-electron chi connectivity index (χ4n) is 3.22. The van der Waals surface area contributed by atoms with Crippen LogP contribution in [0, 0.1) is 6.92 Å². The standard InChI is InChI=1S/C26H24N2O5/c1-18-23(28-26(33-18)20-8-4-3-5-9-20)17-31-22-12-19(14-27-15-22)16-32-24-11-7-6-10-21(24)13-25(29)30-2/h3-12,14-15H,13,16-17H2,1-2H3. The molecule has 0 fully saturated rings. The molecule has 33 heavy (non-hydrogen) atoms. The number of carbonyl (C=O) groups excluding carboxylic acids is 1. The highest BCUT2D eigenvalue weighted by Crippen LogP contribution is 2.24. The van der Waals surface area contributed by atoms with Gasteiger partial charge in [0.2, 0.25) is 5.89 Å². The van der Waals surface area contributed by atoms with E-state index in [2.05, 4.69) is 9.97 Å². The molecule has 0 saturated carbocycles. The molecule has 0 N–H and O–H groups in total. The summed E-state index contributed by atoms with van der Waals surface area (Å²) in [7, 11) is 1.37. The summed E-state index contributed by atoms with van der Waals surface area (Å²) in [6.45, 7) is 2.41. The molecular weight excluding hydrogens is 420 g/mol. The second-order valence-corrected chi connectivity index (χ2v) is 7.35. The van der Waals surface area contributed by atoms with Crippen LogP contribution in [0.1, 0.15) is 22.6 Å². The molecule has 0 amide bonds. The van der Waals surface area contributed by atoms with E-state index in [0.29, 0.717) is 23.1 Å². The molecule has 168 valence electrons.